The second-order valence-electron chi connectivity index (χ2n) is 6.31. The van der Waals surface area contributed by atoms with Crippen molar-refractivity contribution < 1.29 is 4.74 Å². The summed E-state index contributed by atoms with van der Waals surface area (Å²) in [4.78, 5) is 0. The van der Waals surface area contributed by atoms with Crippen molar-refractivity contribution in [2.45, 2.75) is 91.2 Å². The molecule has 0 heterocycles. The van der Waals surface area contributed by atoms with Crippen LogP contribution in [0.2, 0.25) is 0 Å². The first-order valence-electron chi connectivity index (χ1n) is 8.54. The minimum atomic E-state index is 0.359. The van der Waals surface area contributed by atoms with E-state index in [1.165, 1.54) is 57.9 Å². The van der Waals surface area contributed by atoms with Gasteiger partial charge in [0.1, 0.15) is 0 Å². The monoisotopic (exact) mass is 269 g/mol. The lowest BCUT2D eigenvalue weighted by atomic mass is 9.61. The molecule has 3 atom stereocenters. The van der Waals surface area contributed by atoms with E-state index in [2.05, 4.69) is 33.0 Å². The minimum absolute atomic E-state index is 0.359. The van der Waals surface area contributed by atoms with Crippen LogP contribution in [0.15, 0.2) is 0 Å². The van der Waals surface area contributed by atoms with Gasteiger partial charge in [0, 0.05) is 18.1 Å². The van der Waals surface area contributed by atoms with Gasteiger partial charge in [0.15, 0.2) is 0 Å². The molecule has 1 N–H and O–H groups in total. The van der Waals surface area contributed by atoms with Gasteiger partial charge in [-0.1, -0.05) is 52.9 Å². The van der Waals surface area contributed by atoms with Gasteiger partial charge < -0.3 is 10.1 Å². The van der Waals surface area contributed by atoms with Gasteiger partial charge in [-0.2, -0.15) is 0 Å². The first kappa shape index (κ1) is 17.0. The molecule has 1 fully saturated rings. The Balaban J connectivity index is 2.10. The van der Waals surface area contributed by atoms with Gasteiger partial charge in [0.2, 0.25) is 0 Å². The lowest BCUT2D eigenvalue weighted by molar-refractivity contribution is -0.125. The quantitative estimate of drug-likeness (QED) is 0.556. The van der Waals surface area contributed by atoms with E-state index in [-0.39, 0.29) is 0 Å². The maximum absolute atomic E-state index is 5.85. The fourth-order valence-electron chi connectivity index (χ4n) is 3.25. The molecule has 3 unspecified atom stereocenters. The highest BCUT2D eigenvalue weighted by atomic mass is 16.5. The van der Waals surface area contributed by atoms with Crippen molar-refractivity contribution in [1.82, 2.24) is 5.32 Å². The smallest absolute Gasteiger partial charge is 0.0658 e. The number of hydrogen-bond acceptors (Lipinski definition) is 2. The number of ether oxygens (including phenoxy) is 1. The van der Waals surface area contributed by atoms with E-state index in [1.807, 2.05) is 0 Å². The summed E-state index contributed by atoms with van der Waals surface area (Å²) >= 11 is 0. The molecule has 0 aliphatic heterocycles. The van der Waals surface area contributed by atoms with Crippen molar-refractivity contribution in [1.29, 1.82) is 0 Å². The van der Waals surface area contributed by atoms with Crippen LogP contribution in [0.4, 0.5) is 0 Å². The second kappa shape index (κ2) is 8.97. The lowest BCUT2D eigenvalue weighted by Crippen LogP contribution is -2.62. The van der Waals surface area contributed by atoms with E-state index in [0.29, 0.717) is 17.6 Å². The van der Waals surface area contributed by atoms with Crippen LogP contribution < -0.4 is 5.32 Å². The van der Waals surface area contributed by atoms with Gasteiger partial charge in [0.25, 0.3) is 0 Å². The molecule has 0 aromatic rings. The maximum Gasteiger partial charge on any atom is 0.0658 e. The summed E-state index contributed by atoms with van der Waals surface area (Å²) in [5.74, 6) is 0. The molecule has 1 saturated carbocycles. The molecular formula is C17H35NO. The van der Waals surface area contributed by atoms with Crippen LogP contribution in [-0.2, 0) is 4.74 Å². The first-order valence-corrected chi connectivity index (χ1v) is 8.54. The SMILES string of the molecule is CCCCCCCCNC1CC(OCC)C1(C)CC. The molecule has 0 bridgehead atoms. The molecule has 0 amide bonds. The van der Waals surface area contributed by atoms with Crippen LogP contribution >= 0.6 is 0 Å². The van der Waals surface area contributed by atoms with Crippen molar-refractivity contribution in [2.75, 3.05) is 13.2 Å². The van der Waals surface area contributed by atoms with Crippen LogP contribution in [0.5, 0.6) is 0 Å². The van der Waals surface area contributed by atoms with Crippen LogP contribution in [-0.4, -0.2) is 25.3 Å². The number of hydrogen-bond donors (Lipinski definition) is 1. The lowest BCUT2D eigenvalue weighted by Gasteiger charge is -2.53. The third-order valence-electron chi connectivity index (χ3n) is 5.03. The predicted octanol–water partition coefficient (Wildman–Crippen LogP) is 4.53. The highest BCUT2D eigenvalue weighted by Crippen LogP contribution is 2.45. The molecule has 19 heavy (non-hydrogen) atoms. The van der Waals surface area contributed by atoms with Crippen molar-refractivity contribution in [3.8, 4) is 0 Å². The Bertz CT molecular complexity index is 231. The predicted molar refractivity (Wildman–Crippen MR) is 83.6 cm³/mol. The summed E-state index contributed by atoms with van der Waals surface area (Å²) in [6, 6.07) is 0.671. The molecule has 1 rings (SSSR count). The number of nitrogens with one attached hydrogen (secondary N) is 1. The average molecular weight is 269 g/mol. The second-order valence-corrected chi connectivity index (χ2v) is 6.31. The summed E-state index contributed by atoms with van der Waals surface area (Å²) in [6.45, 7) is 11.1. The zero-order chi connectivity index (χ0) is 14.1. The zero-order valence-electron chi connectivity index (χ0n) is 13.6. The number of rotatable bonds is 11. The fraction of sp³-hybridized carbons (Fsp3) is 1.00. The Morgan fingerprint density at radius 2 is 1.74 bits per heavy atom. The highest BCUT2D eigenvalue weighted by Gasteiger charge is 2.50. The van der Waals surface area contributed by atoms with Crippen LogP contribution in [0, 0.1) is 5.41 Å². The molecule has 0 aromatic carbocycles. The summed E-state index contributed by atoms with van der Waals surface area (Å²) in [5, 5.41) is 3.76. The number of unbranched alkanes of at least 4 members (excludes halogenated alkanes) is 5. The summed E-state index contributed by atoms with van der Waals surface area (Å²) in [5.41, 5.74) is 0.359. The third-order valence-corrected chi connectivity index (χ3v) is 5.03. The largest absolute Gasteiger partial charge is 0.378 e. The Hall–Kier alpha value is -0.0800. The average Bonchev–Trinajstić information content (AvgIpc) is 2.43. The van der Waals surface area contributed by atoms with Crippen molar-refractivity contribution >= 4 is 0 Å². The maximum atomic E-state index is 5.85. The van der Waals surface area contributed by atoms with E-state index >= 15 is 0 Å². The third kappa shape index (κ3) is 4.75. The molecule has 2 nitrogen and oxygen atoms in total. The molecule has 114 valence electrons. The van der Waals surface area contributed by atoms with Gasteiger partial charge in [-0.05, 0) is 32.7 Å². The van der Waals surface area contributed by atoms with Crippen molar-refractivity contribution in [3.05, 3.63) is 0 Å². The van der Waals surface area contributed by atoms with Gasteiger partial charge in [-0.15, -0.1) is 0 Å². The highest BCUT2D eigenvalue weighted by molar-refractivity contribution is 5.04. The van der Waals surface area contributed by atoms with Gasteiger partial charge >= 0.3 is 0 Å². The molecule has 0 radical (unpaired) electrons. The molecule has 2 heteroatoms. The standard InChI is InChI=1S/C17H35NO/c1-5-8-9-10-11-12-13-18-15-14-16(19-7-3)17(15,4)6-2/h15-16,18H,5-14H2,1-4H3. The van der Waals surface area contributed by atoms with E-state index < -0.39 is 0 Å². The molecule has 1 aliphatic rings. The molecule has 0 spiro atoms. The summed E-state index contributed by atoms with van der Waals surface area (Å²) in [6.07, 6.45) is 11.2. The molecule has 0 saturated heterocycles. The van der Waals surface area contributed by atoms with Crippen LogP contribution in [0.3, 0.4) is 0 Å². The Morgan fingerprint density at radius 3 is 2.37 bits per heavy atom. The Morgan fingerprint density at radius 1 is 1.05 bits per heavy atom. The first-order chi connectivity index (χ1) is 9.19. The van der Waals surface area contributed by atoms with E-state index in [9.17, 15) is 0 Å². The van der Waals surface area contributed by atoms with Crippen LogP contribution in [0.1, 0.15) is 79.1 Å². The zero-order valence-corrected chi connectivity index (χ0v) is 13.6. The van der Waals surface area contributed by atoms with Crippen LogP contribution in [0.25, 0.3) is 0 Å². The normalized spacial score (nSPS) is 30.3. The molecule has 1 aliphatic carbocycles. The van der Waals surface area contributed by atoms with Gasteiger partial charge in [0.05, 0.1) is 6.10 Å². The van der Waals surface area contributed by atoms with E-state index in [0.717, 1.165) is 6.61 Å². The van der Waals surface area contributed by atoms with E-state index in [1.54, 1.807) is 0 Å². The van der Waals surface area contributed by atoms with Crippen molar-refractivity contribution in [2.24, 2.45) is 5.41 Å². The summed E-state index contributed by atoms with van der Waals surface area (Å²) in [7, 11) is 0. The fourth-order valence-corrected chi connectivity index (χ4v) is 3.25. The Kier molecular flexibility index (Phi) is 8.01. The van der Waals surface area contributed by atoms with Gasteiger partial charge in [-0.3, -0.25) is 0 Å². The summed E-state index contributed by atoms with van der Waals surface area (Å²) < 4.78 is 5.85. The molecule has 0 aromatic heterocycles. The Labute approximate surface area is 120 Å². The minimum Gasteiger partial charge on any atom is -0.378 e. The molecular weight excluding hydrogens is 234 g/mol. The van der Waals surface area contributed by atoms with E-state index in [4.69, 9.17) is 4.74 Å². The topological polar surface area (TPSA) is 21.3 Å². The van der Waals surface area contributed by atoms with Gasteiger partial charge in [-0.25, -0.2) is 0 Å². The van der Waals surface area contributed by atoms with Crippen molar-refractivity contribution in [3.63, 3.8) is 0 Å².